The van der Waals surface area contributed by atoms with E-state index in [0.717, 1.165) is 5.56 Å². The zero-order chi connectivity index (χ0) is 14.0. The van der Waals surface area contributed by atoms with Crippen molar-refractivity contribution in [1.29, 1.82) is 0 Å². The molecule has 1 aromatic carbocycles. The van der Waals surface area contributed by atoms with Gasteiger partial charge in [0, 0.05) is 5.92 Å². The number of ketones is 1. The molecule has 5 heteroatoms. The Morgan fingerprint density at radius 2 is 1.78 bits per heavy atom. The molecule has 0 saturated carbocycles. The molecule has 0 amide bonds. The third-order valence-corrected chi connectivity index (χ3v) is 4.84. The van der Waals surface area contributed by atoms with Gasteiger partial charge in [-0.3, -0.25) is 9.36 Å². The minimum Gasteiger partial charge on any atom is -0.324 e. The predicted molar refractivity (Wildman–Crippen MR) is 70.4 cm³/mol. The molecule has 1 rings (SSSR count). The number of carbonyl (C=O) groups excluding carboxylic acids is 1. The summed E-state index contributed by atoms with van der Waals surface area (Å²) in [6.45, 7) is 4.31. The van der Waals surface area contributed by atoms with Crippen LogP contribution in [0.3, 0.4) is 0 Å². The maximum atomic E-state index is 12.1. The van der Waals surface area contributed by atoms with Crippen LogP contribution in [0.1, 0.15) is 26.3 Å². The van der Waals surface area contributed by atoms with E-state index >= 15 is 0 Å². The van der Waals surface area contributed by atoms with Crippen LogP contribution in [0.2, 0.25) is 0 Å². The van der Waals surface area contributed by atoms with Crippen molar-refractivity contribution in [2.24, 2.45) is 5.92 Å². The Hall–Kier alpha value is -0.960. The SMILES string of the molecule is C[C@H](Cc1ccccc1)C(=O)C(C)(C)P(=O)(O)O. The first kappa shape index (κ1) is 15.1. The number of benzene rings is 1. The molecular formula is C13H19O4P. The fourth-order valence-corrected chi connectivity index (χ4v) is 2.31. The average Bonchev–Trinajstić information content (AvgIpc) is 2.27. The fraction of sp³-hybridized carbons (Fsp3) is 0.462. The molecule has 0 aliphatic heterocycles. The molecule has 0 fully saturated rings. The summed E-state index contributed by atoms with van der Waals surface area (Å²) in [5, 5.41) is -1.62. The molecule has 0 aromatic heterocycles. The Bertz CT molecular complexity index is 461. The molecular weight excluding hydrogens is 251 g/mol. The van der Waals surface area contributed by atoms with Crippen LogP contribution in [-0.4, -0.2) is 20.7 Å². The first-order chi connectivity index (χ1) is 8.16. The van der Waals surface area contributed by atoms with E-state index in [4.69, 9.17) is 0 Å². The summed E-state index contributed by atoms with van der Waals surface area (Å²) in [5.74, 6) is -0.824. The van der Waals surface area contributed by atoms with Crippen molar-refractivity contribution in [3.8, 4) is 0 Å². The summed E-state index contributed by atoms with van der Waals surface area (Å²) in [6, 6.07) is 9.43. The Labute approximate surface area is 107 Å². The van der Waals surface area contributed by atoms with E-state index in [1.54, 1.807) is 6.92 Å². The topological polar surface area (TPSA) is 74.6 Å². The van der Waals surface area contributed by atoms with E-state index in [9.17, 15) is 19.1 Å². The molecule has 0 radical (unpaired) electrons. The summed E-state index contributed by atoms with van der Waals surface area (Å²) >= 11 is 0. The summed E-state index contributed by atoms with van der Waals surface area (Å²) in [7, 11) is -4.43. The van der Waals surface area contributed by atoms with Gasteiger partial charge in [0.15, 0.2) is 5.78 Å². The lowest BCUT2D eigenvalue weighted by Crippen LogP contribution is -2.36. The van der Waals surface area contributed by atoms with Crippen molar-refractivity contribution in [3.05, 3.63) is 35.9 Å². The van der Waals surface area contributed by atoms with Crippen LogP contribution < -0.4 is 0 Å². The largest absolute Gasteiger partial charge is 0.338 e. The standard InChI is InChI=1S/C13H19O4P/c1-10(9-11-7-5-4-6-8-11)12(14)13(2,3)18(15,16)17/h4-8,10H,9H2,1-3H3,(H2,15,16,17)/t10-/m1/s1. The Balaban J connectivity index is 2.83. The predicted octanol–water partition coefficient (Wildman–Crippen LogP) is 2.39. The van der Waals surface area contributed by atoms with E-state index in [0.29, 0.717) is 6.42 Å². The minimum atomic E-state index is -4.43. The van der Waals surface area contributed by atoms with Gasteiger partial charge in [-0.2, -0.15) is 0 Å². The van der Waals surface area contributed by atoms with Crippen LogP contribution in [-0.2, 0) is 15.8 Å². The van der Waals surface area contributed by atoms with E-state index in [1.807, 2.05) is 30.3 Å². The number of Topliss-reactive ketones (excluding diaryl/α,β-unsaturated/α-hetero) is 1. The third kappa shape index (κ3) is 3.29. The lowest BCUT2D eigenvalue weighted by molar-refractivity contribution is -0.124. The normalized spacial score (nSPS) is 14.3. The molecule has 1 atom stereocenters. The van der Waals surface area contributed by atoms with Crippen molar-refractivity contribution in [2.45, 2.75) is 32.3 Å². The molecule has 1 aromatic rings. The number of rotatable bonds is 5. The highest BCUT2D eigenvalue weighted by atomic mass is 31.2. The van der Waals surface area contributed by atoms with Crippen LogP contribution >= 0.6 is 7.60 Å². The Morgan fingerprint density at radius 3 is 2.22 bits per heavy atom. The molecule has 0 bridgehead atoms. The molecule has 2 N–H and O–H groups in total. The molecule has 4 nitrogen and oxygen atoms in total. The average molecular weight is 270 g/mol. The lowest BCUT2D eigenvalue weighted by atomic mass is 9.90. The monoisotopic (exact) mass is 270 g/mol. The van der Waals surface area contributed by atoms with Gasteiger partial charge in [0.05, 0.1) is 0 Å². The first-order valence-electron chi connectivity index (χ1n) is 5.80. The van der Waals surface area contributed by atoms with Crippen LogP contribution in [0.15, 0.2) is 30.3 Å². The molecule has 0 heterocycles. The third-order valence-electron chi connectivity index (χ3n) is 3.16. The van der Waals surface area contributed by atoms with Crippen LogP contribution in [0, 0.1) is 5.92 Å². The van der Waals surface area contributed by atoms with Crippen molar-refractivity contribution in [2.75, 3.05) is 0 Å². The smallest absolute Gasteiger partial charge is 0.324 e. The van der Waals surface area contributed by atoms with Crippen LogP contribution in [0.25, 0.3) is 0 Å². The lowest BCUT2D eigenvalue weighted by Gasteiger charge is -2.27. The maximum absolute atomic E-state index is 12.1. The number of hydrogen-bond donors (Lipinski definition) is 2. The summed E-state index contributed by atoms with van der Waals surface area (Å²) in [5.41, 5.74) is 0.986. The van der Waals surface area contributed by atoms with Gasteiger partial charge in [-0.1, -0.05) is 37.3 Å². The second kappa shape index (κ2) is 5.35. The van der Waals surface area contributed by atoms with Gasteiger partial charge in [-0.15, -0.1) is 0 Å². The van der Waals surface area contributed by atoms with Gasteiger partial charge in [0.25, 0.3) is 0 Å². The number of carbonyl (C=O) groups is 1. The molecule has 0 unspecified atom stereocenters. The van der Waals surface area contributed by atoms with Crippen molar-refractivity contribution < 1.29 is 19.1 Å². The first-order valence-corrected chi connectivity index (χ1v) is 7.41. The molecule has 18 heavy (non-hydrogen) atoms. The molecule has 0 saturated heterocycles. The van der Waals surface area contributed by atoms with Crippen molar-refractivity contribution in [1.82, 2.24) is 0 Å². The fourth-order valence-electron chi connectivity index (χ4n) is 1.81. The highest BCUT2D eigenvalue weighted by molar-refractivity contribution is 7.54. The van der Waals surface area contributed by atoms with Gasteiger partial charge in [0.2, 0.25) is 0 Å². The highest BCUT2D eigenvalue weighted by Crippen LogP contribution is 2.51. The van der Waals surface area contributed by atoms with Gasteiger partial charge in [-0.05, 0) is 25.8 Å². The van der Waals surface area contributed by atoms with Crippen molar-refractivity contribution in [3.63, 3.8) is 0 Å². The Kier molecular flexibility index (Phi) is 4.49. The van der Waals surface area contributed by atoms with Gasteiger partial charge in [-0.25, -0.2) is 0 Å². The number of hydrogen-bond acceptors (Lipinski definition) is 2. The maximum Gasteiger partial charge on any atom is 0.338 e. The molecule has 0 aliphatic rings. The molecule has 0 spiro atoms. The van der Waals surface area contributed by atoms with Gasteiger partial charge in [0.1, 0.15) is 5.16 Å². The minimum absolute atomic E-state index is 0.403. The van der Waals surface area contributed by atoms with Gasteiger partial charge >= 0.3 is 7.60 Å². The van der Waals surface area contributed by atoms with E-state index in [-0.39, 0.29) is 0 Å². The second-order valence-corrected chi connectivity index (χ2v) is 7.26. The van der Waals surface area contributed by atoms with Crippen LogP contribution in [0.5, 0.6) is 0 Å². The Morgan fingerprint density at radius 1 is 1.28 bits per heavy atom. The molecule has 100 valence electrons. The quantitative estimate of drug-likeness (QED) is 0.806. The van der Waals surface area contributed by atoms with Crippen molar-refractivity contribution >= 4 is 13.4 Å². The van der Waals surface area contributed by atoms with E-state index in [1.165, 1.54) is 13.8 Å². The molecule has 0 aliphatic carbocycles. The van der Waals surface area contributed by atoms with E-state index < -0.39 is 24.5 Å². The zero-order valence-corrected chi connectivity index (χ0v) is 11.7. The zero-order valence-electron chi connectivity index (χ0n) is 10.8. The summed E-state index contributed by atoms with van der Waals surface area (Å²) < 4.78 is 11.3. The van der Waals surface area contributed by atoms with E-state index in [2.05, 4.69) is 0 Å². The van der Waals surface area contributed by atoms with Crippen LogP contribution in [0.4, 0.5) is 0 Å². The summed E-state index contributed by atoms with van der Waals surface area (Å²) in [4.78, 5) is 30.6. The summed E-state index contributed by atoms with van der Waals surface area (Å²) in [6.07, 6.45) is 0.489. The second-order valence-electron chi connectivity index (χ2n) is 5.06. The van der Waals surface area contributed by atoms with Gasteiger partial charge < -0.3 is 9.79 Å². The highest BCUT2D eigenvalue weighted by Gasteiger charge is 2.45.